The Bertz CT molecular complexity index is 813. The molecule has 0 spiro atoms. The number of aromatic carboxylic acids is 1. The topological polar surface area (TPSA) is 49.8 Å². The zero-order chi connectivity index (χ0) is 19.4. The first kappa shape index (κ1) is 19.4. The number of rotatable bonds is 6. The molecule has 4 nitrogen and oxygen atoms in total. The summed E-state index contributed by atoms with van der Waals surface area (Å²) in [5, 5.41) is 9.30. The van der Waals surface area contributed by atoms with E-state index in [1.54, 1.807) is 19.2 Å². The number of hydrogen-bond acceptors (Lipinski definition) is 3. The first-order valence-corrected chi connectivity index (χ1v) is 9.38. The van der Waals surface area contributed by atoms with E-state index in [-0.39, 0.29) is 11.4 Å². The maximum Gasteiger partial charge on any atom is 0.335 e. The van der Waals surface area contributed by atoms with Crippen LogP contribution in [0.5, 0.6) is 0 Å². The van der Waals surface area contributed by atoms with E-state index in [9.17, 15) is 14.3 Å². The highest BCUT2D eigenvalue weighted by Gasteiger charge is 2.35. The molecular weight excluding hydrogens is 345 g/mol. The Morgan fingerprint density at radius 3 is 2.48 bits per heavy atom. The van der Waals surface area contributed by atoms with Crippen LogP contribution in [0.4, 0.5) is 10.1 Å². The predicted molar refractivity (Wildman–Crippen MR) is 104 cm³/mol. The van der Waals surface area contributed by atoms with Gasteiger partial charge in [-0.25, -0.2) is 9.18 Å². The van der Waals surface area contributed by atoms with E-state index in [0.29, 0.717) is 24.0 Å². The quantitative estimate of drug-likeness (QED) is 0.822. The van der Waals surface area contributed by atoms with Crippen LogP contribution in [-0.2, 0) is 17.6 Å². The van der Waals surface area contributed by atoms with Crippen LogP contribution in [0.2, 0.25) is 0 Å². The Balaban J connectivity index is 1.74. The van der Waals surface area contributed by atoms with Crippen LogP contribution in [-0.4, -0.2) is 36.9 Å². The SMILES string of the molecule is CCc1cc(N2CCC(Cc3ccccc3F)(OC)CC2)ccc1C(=O)O. The van der Waals surface area contributed by atoms with Gasteiger partial charge in [-0.3, -0.25) is 0 Å². The molecule has 1 saturated heterocycles. The van der Waals surface area contributed by atoms with Gasteiger partial charge in [-0.2, -0.15) is 0 Å². The van der Waals surface area contributed by atoms with Crippen molar-refractivity contribution >= 4 is 11.7 Å². The van der Waals surface area contributed by atoms with Gasteiger partial charge in [0.2, 0.25) is 0 Å². The average molecular weight is 371 g/mol. The number of piperidine rings is 1. The van der Waals surface area contributed by atoms with Crippen molar-refractivity contribution in [3.8, 4) is 0 Å². The van der Waals surface area contributed by atoms with Gasteiger partial charge in [-0.05, 0) is 54.7 Å². The minimum atomic E-state index is -0.889. The van der Waals surface area contributed by atoms with Gasteiger partial charge in [0.1, 0.15) is 5.82 Å². The molecule has 0 bridgehead atoms. The fraction of sp³-hybridized carbons (Fsp3) is 0.409. The number of anilines is 1. The molecule has 0 aromatic heterocycles. The molecule has 0 radical (unpaired) electrons. The number of methoxy groups -OCH3 is 1. The van der Waals surface area contributed by atoms with Gasteiger partial charge in [0, 0.05) is 32.3 Å². The third-order valence-electron chi connectivity index (χ3n) is 5.64. The van der Waals surface area contributed by atoms with Gasteiger partial charge in [0.25, 0.3) is 0 Å². The lowest BCUT2D eigenvalue weighted by atomic mass is 9.84. The second-order valence-electron chi connectivity index (χ2n) is 7.14. The molecular formula is C22H26FNO3. The molecule has 2 aromatic rings. The van der Waals surface area contributed by atoms with Crippen LogP contribution in [0.3, 0.4) is 0 Å². The largest absolute Gasteiger partial charge is 0.478 e. The first-order valence-electron chi connectivity index (χ1n) is 9.38. The van der Waals surface area contributed by atoms with Crippen LogP contribution in [0.15, 0.2) is 42.5 Å². The van der Waals surface area contributed by atoms with Crippen LogP contribution in [0, 0.1) is 5.82 Å². The Morgan fingerprint density at radius 2 is 1.89 bits per heavy atom. The number of carboxylic acids is 1. The lowest BCUT2D eigenvalue weighted by molar-refractivity contribution is -0.0295. The van der Waals surface area contributed by atoms with E-state index >= 15 is 0 Å². The number of carbonyl (C=O) groups is 1. The molecule has 144 valence electrons. The zero-order valence-electron chi connectivity index (χ0n) is 15.9. The van der Waals surface area contributed by atoms with Gasteiger partial charge in [-0.1, -0.05) is 25.1 Å². The molecule has 1 aliphatic heterocycles. The standard InChI is InChI=1S/C22H26FNO3/c1-3-16-14-18(8-9-19(16)21(25)26)24-12-10-22(27-2,11-13-24)15-17-6-4-5-7-20(17)23/h4-9,14H,3,10-13,15H2,1-2H3,(H,25,26). The van der Waals surface area contributed by atoms with Gasteiger partial charge in [-0.15, -0.1) is 0 Å². The van der Waals surface area contributed by atoms with Gasteiger partial charge < -0.3 is 14.7 Å². The summed E-state index contributed by atoms with van der Waals surface area (Å²) >= 11 is 0. The molecule has 2 aromatic carbocycles. The van der Waals surface area contributed by atoms with E-state index in [0.717, 1.165) is 37.2 Å². The summed E-state index contributed by atoms with van der Waals surface area (Å²) in [7, 11) is 1.70. The molecule has 27 heavy (non-hydrogen) atoms. The molecule has 1 heterocycles. The lowest BCUT2D eigenvalue weighted by Crippen LogP contribution is -2.47. The third-order valence-corrected chi connectivity index (χ3v) is 5.64. The van der Waals surface area contributed by atoms with E-state index in [1.165, 1.54) is 6.07 Å². The Hall–Kier alpha value is -2.40. The summed E-state index contributed by atoms with van der Waals surface area (Å²) in [4.78, 5) is 13.6. The molecule has 0 unspecified atom stereocenters. The second kappa shape index (κ2) is 8.09. The molecule has 0 atom stereocenters. The highest BCUT2D eigenvalue weighted by molar-refractivity contribution is 5.90. The highest BCUT2D eigenvalue weighted by atomic mass is 19.1. The van der Waals surface area contributed by atoms with Crippen LogP contribution >= 0.6 is 0 Å². The zero-order valence-corrected chi connectivity index (χ0v) is 15.9. The predicted octanol–water partition coefficient (Wildman–Crippen LogP) is 4.31. The van der Waals surface area contributed by atoms with Crippen molar-refractivity contribution in [3.05, 3.63) is 65.0 Å². The number of ether oxygens (including phenoxy) is 1. The van der Waals surface area contributed by atoms with Crippen molar-refractivity contribution in [2.24, 2.45) is 0 Å². The van der Waals surface area contributed by atoms with Gasteiger partial charge >= 0.3 is 5.97 Å². The van der Waals surface area contributed by atoms with E-state index < -0.39 is 5.97 Å². The summed E-state index contributed by atoms with van der Waals surface area (Å²) in [6, 6.07) is 12.4. The Kier molecular flexibility index (Phi) is 5.80. The van der Waals surface area contributed by atoms with Gasteiger partial charge in [0.15, 0.2) is 0 Å². The minimum absolute atomic E-state index is 0.187. The smallest absolute Gasteiger partial charge is 0.335 e. The summed E-state index contributed by atoms with van der Waals surface area (Å²) in [5.74, 6) is -1.08. The van der Waals surface area contributed by atoms with Crippen molar-refractivity contribution in [2.75, 3.05) is 25.1 Å². The number of aryl methyl sites for hydroxylation is 1. The Labute approximate surface area is 159 Å². The summed E-state index contributed by atoms with van der Waals surface area (Å²) < 4.78 is 19.9. The van der Waals surface area contributed by atoms with Crippen LogP contribution in [0.1, 0.15) is 41.3 Å². The van der Waals surface area contributed by atoms with E-state index in [4.69, 9.17) is 4.74 Å². The summed E-state index contributed by atoms with van der Waals surface area (Å²) in [6.07, 6.45) is 2.82. The molecule has 3 rings (SSSR count). The molecule has 5 heteroatoms. The van der Waals surface area contributed by atoms with Gasteiger partial charge in [0.05, 0.1) is 11.2 Å². The molecule has 1 N–H and O–H groups in total. The van der Waals surface area contributed by atoms with Crippen LogP contribution in [0.25, 0.3) is 0 Å². The number of nitrogens with zero attached hydrogens (tertiary/aromatic N) is 1. The number of halogens is 1. The number of benzene rings is 2. The highest BCUT2D eigenvalue weighted by Crippen LogP contribution is 2.33. The molecule has 1 aliphatic rings. The second-order valence-corrected chi connectivity index (χ2v) is 7.14. The van der Waals surface area contributed by atoms with Crippen molar-refractivity contribution in [1.82, 2.24) is 0 Å². The minimum Gasteiger partial charge on any atom is -0.478 e. The van der Waals surface area contributed by atoms with Crippen LogP contribution < -0.4 is 4.90 Å². The normalized spacial score (nSPS) is 16.3. The van der Waals surface area contributed by atoms with Crippen molar-refractivity contribution < 1.29 is 19.0 Å². The maximum absolute atomic E-state index is 14.1. The molecule has 1 fully saturated rings. The molecule has 0 amide bonds. The number of carboxylic acid groups (broad SMARTS) is 1. The fourth-order valence-electron chi connectivity index (χ4n) is 3.89. The fourth-order valence-corrected chi connectivity index (χ4v) is 3.89. The molecule has 0 saturated carbocycles. The van der Waals surface area contributed by atoms with Crippen molar-refractivity contribution in [3.63, 3.8) is 0 Å². The average Bonchev–Trinajstić information content (AvgIpc) is 2.69. The lowest BCUT2D eigenvalue weighted by Gasteiger charge is -2.42. The molecule has 0 aliphatic carbocycles. The maximum atomic E-state index is 14.1. The number of hydrogen-bond donors (Lipinski definition) is 1. The van der Waals surface area contributed by atoms with Crippen molar-refractivity contribution in [2.45, 2.75) is 38.2 Å². The van der Waals surface area contributed by atoms with Crippen molar-refractivity contribution in [1.29, 1.82) is 0 Å². The summed E-state index contributed by atoms with van der Waals surface area (Å²) in [6.45, 7) is 3.54. The van der Waals surface area contributed by atoms with E-state index in [2.05, 4.69) is 4.90 Å². The Morgan fingerprint density at radius 1 is 1.19 bits per heavy atom. The monoisotopic (exact) mass is 371 g/mol. The first-order chi connectivity index (χ1) is 13.0. The summed E-state index contributed by atoms with van der Waals surface area (Å²) in [5.41, 5.74) is 2.56. The van der Waals surface area contributed by atoms with E-state index in [1.807, 2.05) is 31.2 Å². The third kappa shape index (κ3) is 4.14.